The van der Waals surface area contributed by atoms with Crippen molar-refractivity contribution >= 4 is 75.7 Å². The summed E-state index contributed by atoms with van der Waals surface area (Å²) >= 11 is 0. The van der Waals surface area contributed by atoms with Gasteiger partial charge < -0.3 is 29.1 Å². The zero-order valence-corrected chi connectivity index (χ0v) is 61.6. The molecule has 0 bridgehead atoms. The molecule has 8 aromatic rings. The summed E-state index contributed by atoms with van der Waals surface area (Å²) in [6.45, 7) is 17.2. The van der Waals surface area contributed by atoms with Crippen molar-refractivity contribution in [3.05, 3.63) is 194 Å². The Morgan fingerprint density at radius 2 is 0.881 bits per heavy atom. The van der Waals surface area contributed by atoms with E-state index in [-0.39, 0.29) is 64.5 Å². The van der Waals surface area contributed by atoms with E-state index in [1.165, 1.54) is 42.3 Å². The SMILES string of the molecule is Cc1ccc(-c2c(C)noc2C)cc1N(CCC1CCN(c2cc3c(cc2F)C(=O)N(C2CCC(=O)NC2=O)C3=O)CC1)c1ccc(C2(C#N)CC2)cc1.Cc1ccc(-c2c(C)noc2C)cc1N(CCC1CCNCC1)c1ccc(C2(C#N)CC2)cc1.O=C1CCC(N2C(=O)c3cc(F)c(F)cc3C2=O)C(=O)N1. The number of nitrogens with one attached hydrogen (secondary N) is 3. The molecule has 0 radical (unpaired) electrons. The van der Waals surface area contributed by atoms with Crippen molar-refractivity contribution < 1.29 is 60.6 Å². The van der Waals surface area contributed by atoms with E-state index in [4.69, 9.17) is 9.05 Å². The molecule has 0 spiro atoms. The fourth-order valence-corrected chi connectivity index (χ4v) is 16.2. The second-order valence-electron chi connectivity index (χ2n) is 29.9. The van der Waals surface area contributed by atoms with E-state index in [9.17, 15) is 57.7 Å². The minimum absolute atomic E-state index is 0.0128. The van der Waals surface area contributed by atoms with Crippen LogP contribution < -0.4 is 30.7 Å². The number of hydrogen-bond acceptors (Lipinski definition) is 18. The number of hydrogen-bond donors (Lipinski definition) is 3. The zero-order chi connectivity index (χ0) is 76.9. The minimum atomic E-state index is -1.25. The van der Waals surface area contributed by atoms with Crippen LogP contribution in [0.2, 0.25) is 0 Å². The maximum Gasteiger partial charge on any atom is 0.262 e. The molecule has 2 aromatic heterocycles. The number of amides is 8. The molecule has 2 aliphatic carbocycles. The van der Waals surface area contributed by atoms with Crippen LogP contribution in [0.25, 0.3) is 22.3 Å². The molecule has 6 fully saturated rings. The summed E-state index contributed by atoms with van der Waals surface area (Å²) in [5.74, 6) is -5.92. The van der Waals surface area contributed by atoms with Gasteiger partial charge in [-0.05, 0) is 238 Å². The first-order chi connectivity index (χ1) is 52.4. The third kappa shape index (κ3) is 14.6. The summed E-state index contributed by atoms with van der Waals surface area (Å²) in [7, 11) is 0. The third-order valence-electron chi connectivity index (χ3n) is 23.0. The van der Waals surface area contributed by atoms with Gasteiger partial charge in [-0.1, -0.05) is 58.8 Å². The normalized spacial score (nSPS) is 19.2. The average molecular weight is 1480 g/mol. The lowest BCUT2D eigenvalue weighted by Crippen LogP contribution is -2.54. The largest absolute Gasteiger partial charge is 0.369 e. The highest BCUT2D eigenvalue weighted by molar-refractivity contribution is 6.24. The van der Waals surface area contributed by atoms with E-state index < -0.39 is 76.8 Å². The maximum atomic E-state index is 15.6. The smallest absolute Gasteiger partial charge is 0.262 e. The highest BCUT2D eigenvalue weighted by atomic mass is 19.2. The predicted octanol–water partition coefficient (Wildman–Crippen LogP) is 13.5. The second kappa shape index (κ2) is 30.2. The molecule has 6 aromatic carbocycles. The van der Waals surface area contributed by atoms with Crippen LogP contribution >= 0.6 is 0 Å². The molecule has 16 rings (SSSR count). The molecule has 3 N–H and O–H groups in total. The number of benzene rings is 6. The Labute approximate surface area is 628 Å². The van der Waals surface area contributed by atoms with Crippen molar-refractivity contribution in [2.45, 2.75) is 154 Å². The molecular formula is C84H83F3N12O10. The lowest BCUT2D eigenvalue weighted by atomic mass is 9.92. The van der Waals surface area contributed by atoms with Crippen molar-refractivity contribution in [3.8, 4) is 34.4 Å². The van der Waals surface area contributed by atoms with Crippen molar-refractivity contribution in [2.24, 2.45) is 11.8 Å². The third-order valence-corrected chi connectivity index (χ3v) is 23.0. The quantitative estimate of drug-likeness (QED) is 0.0714. The van der Waals surface area contributed by atoms with Crippen LogP contribution in [0.3, 0.4) is 0 Å². The van der Waals surface area contributed by atoms with Crippen molar-refractivity contribution in [1.82, 2.24) is 36.1 Å². The first-order valence-electron chi connectivity index (χ1n) is 37.3. The van der Waals surface area contributed by atoms with Crippen molar-refractivity contribution in [3.63, 3.8) is 0 Å². The van der Waals surface area contributed by atoms with Gasteiger partial charge in [-0.15, -0.1) is 0 Å². The topological polar surface area (TPSA) is 288 Å². The first kappa shape index (κ1) is 74.3. The Hall–Kier alpha value is -11.6. The molecule has 109 heavy (non-hydrogen) atoms. The zero-order valence-electron chi connectivity index (χ0n) is 61.6. The molecule has 22 nitrogen and oxygen atoms in total. The number of piperidine rings is 4. The van der Waals surface area contributed by atoms with E-state index in [1.54, 1.807) is 0 Å². The number of carbonyl (C=O) groups is 8. The number of anilines is 5. The summed E-state index contributed by atoms with van der Waals surface area (Å²) in [5.41, 5.74) is 14.1. The van der Waals surface area contributed by atoms with Gasteiger partial charge in [0.2, 0.25) is 23.6 Å². The minimum Gasteiger partial charge on any atom is -0.369 e. The molecule has 560 valence electrons. The number of imide groups is 4. The van der Waals surface area contributed by atoms with E-state index >= 15 is 4.39 Å². The van der Waals surface area contributed by atoms with Gasteiger partial charge in [0, 0.05) is 72.9 Å². The Kier molecular flexibility index (Phi) is 20.6. The van der Waals surface area contributed by atoms with Crippen LogP contribution in [0.5, 0.6) is 0 Å². The molecule has 25 heteroatoms. The van der Waals surface area contributed by atoms with Gasteiger partial charge in [0.15, 0.2) is 11.6 Å². The lowest BCUT2D eigenvalue weighted by Gasteiger charge is -2.35. The van der Waals surface area contributed by atoms with Gasteiger partial charge in [-0.25, -0.2) is 13.2 Å². The number of carbonyl (C=O) groups excluding carboxylic acids is 8. The lowest BCUT2D eigenvalue weighted by molar-refractivity contribution is -0.137. The Morgan fingerprint density at radius 1 is 0.495 bits per heavy atom. The maximum absolute atomic E-state index is 15.6. The number of fused-ring (bicyclic) bond motifs is 2. The highest BCUT2D eigenvalue weighted by Gasteiger charge is 2.49. The van der Waals surface area contributed by atoms with E-state index in [2.05, 4.69) is 142 Å². The van der Waals surface area contributed by atoms with Gasteiger partial charge in [-0.3, -0.25) is 58.8 Å². The molecule has 8 amide bonds. The fraction of sp³-hybridized carbons (Fsp3) is 0.381. The molecule has 8 heterocycles. The van der Waals surface area contributed by atoms with Crippen LogP contribution in [-0.2, 0) is 30.0 Å². The predicted molar refractivity (Wildman–Crippen MR) is 398 cm³/mol. The Morgan fingerprint density at radius 3 is 1.25 bits per heavy atom. The van der Waals surface area contributed by atoms with Gasteiger partial charge in [-0.2, -0.15) is 10.5 Å². The van der Waals surface area contributed by atoms with Crippen LogP contribution in [0.1, 0.15) is 176 Å². The molecule has 6 aliphatic heterocycles. The molecule has 2 saturated carbocycles. The summed E-state index contributed by atoms with van der Waals surface area (Å²) in [6.07, 6.45) is 9.88. The van der Waals surface area contributed by atoms with Gasteiger partial charge in [0.1, 0.15) is 29.4 Å². The van der Waals surface area contributed by atoms with E-state index in [0.717, 1.165) is 161 Å². The van der Waals surface area contributed by atoms with E-state index in [1.807, 2.05) is 37.9 Å². The van der Waals surface area contributed by atoms with Gasteiger partial charge in [0.25, 0.3) is 23.6 Å². The summed E-state index contributed by atoms with van der Waals surface area (Å²) < 4.78 is 53.0. The molecule has 8 aliphatic rings. The van der Waals surface area contributed by atoms with Gasteiger partial charge in [0.05, 0.1) is 62.3 Å². The number of halogens is 3. The summed E-state index contributed by atoms with van der Waals surface area (Å²) in [6, 6.07) is 36.8. The fourth-order valence-electron chi connectivity index (χ4n) is 16.2. The Bertz CT molecular complexity index is 5010. The number of rotatable bonds is 17. The van der Waals surface area contributed by atoms with Crippen LogP contribution in [0, 0.1) is 93.5 Å². The molecule has 2 unspecified atom stereocenters. The summed E-state index contributed by atoms with van der Waals surface area (Å²) in [4.78, 5) is 106. The number of aryl methyl sites for hydroxylation is 6. The van der Waals surface area contributed by atoms with Crippen molar-refractivity contribution in [2.75, 3.05) is 54.0 Å². The van der Waals surface area contributed by atoms with Gasteiger partial charge >= 0.3 is 0 Å². The van der Waals surface area contributed by atoms with Crippen LogP contribution in [0.4, 0.5) is 41.6 Å². The molecular weight excluding hydrogens is 1390 g/mol. The van der Waals surface area contributed by atoms with Crippen LogP contribution in [-0.4, -0.2) is 119 Å². The number of aromatic nitrogens is 2. The monoisotopic (exact) mass is 1480 g/mol. The second-order valence-corrected chi connectivity index (χ2v) is 29.9. The highest BCUT2D eigenvalue weighted by Crippen LogP contribution is 2.50. The standard InChI is InChI=1S/C42H41FN6O5.C29H34N4O.C13H8F2N2O4/c1-24-4-5-28(38-25(2)46-54-26(38)3)20-35(24)48(30-8-6-29(7-9-30)42(23-44)15-16-42)19-14-27-12-17-47(18-13-27)36-22-32-31(21-33(36)43)40(52)49(41(32)53)34-10-11-37(50)45-39(34)51;1-20-4-5-24(28-21(2)32-34-22(28)3)18-27(20)33(17-12-23-10-15-31-16-11-23)26-8-6-25(7-9-26)29(19-30)13-14-29;14-7-3-5-6(4-8(7)15)13(21)17(12(5)20)9-1-2-10(18)16-11(9)19/h4-9,20-22,27,34H,10-19H2,1-3H3,(H,45,50,51);4-9,18,23,31H,10-17H2,1-3H3;3-4,9H,1-2H2,(H,16,18,19). The summed E-state index contributed by atoms with van der Waals surface area (Å²) in [5, 5.41) is 35.5. The molecule has 2 atom stereocenters. The van der Waals surface area contributed by atoms with Crippen molar-refractivity contribution in [1.29, 1.82) is 10.5 Å². The van der Waals surface area contributed by atoms with E-state index in [0.29, 0.717) is 36.0 Å². The Balaban J connectivity index is 0.000000153. The average Bonchev–Trinajstić information content (AvgIpc) is 1.62. The number of nitrogens with zero attached hydrogens (tertiary/aromatic N) is 9. The first-order valence-corrected chi connectivity index (χ1v) is 37.3. The number of nitriles is 2. The molecule has 4 saturated heterocycles. The van der Waals surface area contributed by atoms with Crippen LogP contribution in [0.15, 0.2) is 118 Å².